The van der Waals surface area contributed by atoms with Crippen LogP contribution in [0.3, 0.4) is 0 Å². The highest BCUT2D eigenvalue weighted by Gasteiger charge is 2.30. The minimum atomic E-state index is -0.212. The van der Waals surface area contributed by atoms with Crippen LogP contribution in [0.4, 0.5) is 10.1 Å². The predicted octanol–water partition coefficient (Wildman–Crippen LogP) is 9.29. The van der Waals surface area contributed by atoms with Gasteiger partial charge in [0.2, 0.25) is 0 Å². The van der Waals surface area contributed by atoms with E-state index >= 15 is 4.39 Å². The van der Waals surface area contributed by atoms with E-state index in [0.29, 0.717) is 33.1 Å². The van der Waals surface area contributed by atoms with Crippen molar-refractivity contribution < 1.29 is 4.39 Å². The molecule has 0 spiro atoms. The molecule has 0 aromatic heterocycles. The maximum atomic E-state index is 15.1. The molecule has 1 saturated heterocycles. The third-order valence-electron chi connectivity index (χ3n) is 8.36. The van der Waals surface area contributed by atoms with Gasteiger partial charge >= 0.3 is 0 Å². The molecule has 2 aromatic carbocycles. The van der Waals surface area contributed by atoms with Crippen molar-refractivity contribution >= 4 is 52.1 Å². The second-order valence-electron chi connectivity index (χ2n) is 10.9. The molecule has 2 heterocycles. The second-order valence-corrected chi connectivity index (χ2v) is 12.7. The van der Waals surface area contributed by atoms with E-state index in [1.807, 2.05) is 30.3 Å². The van der Waals surface area contributed by atoms with Gasteiger partial charge in [-0.3, -0.25) is 4.99 Å². The lowest BCUT2D eigenvalue weighted by Crippen LogP contribution is -2.40. The van der Waals surface area contributed by atoms with Crippen LogP contribution in [0.2, 0.25) is 10.0 Å². The molecule has 4 rings (SSSR count). The molecule has 0 saturated carbocycles. The third kappa shape index (κ3) is 7.27. The van der Waals surface area contributed by atoms with E-state index in [1.165, 1.54) is 11.1 Å². The number of piperidine rings is 1. The van der Waals surface area contributed by atoms with Crippen molar-refractivity contribution in [3.63, 3.8) is 0 Å². The van der Waals surface area contributed by atoms with Crippen molar-refractivity contribution in [3.05, 3.63) is 81.1 Å². The zero-order valence-electron chi connectivity index (χ0n) is 24.0. The van der Waals surface area contributed by atoms with E-state index in [1.54, 1.807) is 17.8 Å². The Morgan fingerprint density at radius 3 is 2.60 bits per heavy atom. The molecule has 0 amide bonds. The molecular formula is C33H42Cl2FN3S. The number of halogens is 3. The molecule has 0 bridgehead atoms. The lowest BCUT2D eigenvalue weighted by molar-refractivity contribution is 0.256. The van der Waals surface area contributed by atoms with Crippen LogP contribution < -0.4 is 10.2 Å². The number of rotatable bonds is 13. The number of anilines is 1. The highest BCUT2D eigenvalue weighted by atomic mass is 35.5. The number of aliphatic imine (C=N–C) groups is 1. The van der Waals surface area contributed by atoms with Crippen molar-refractivity contribution in [2.45, 2.75) is 52.4 Å². The molecular weight excluding hydrogens is 560 g/mol. The first-order chi connectivity index (χ1) is 19.4. The Hall–Kier alpha value is -1.95. The third-order valence-corrected chi connectivity index (χ3v) is 9.60. The van der Waals surface area contributed by atoms with Gasteiger partial charge in [0.05, 0.1) is 22.3 Å². The first-order valence-corrected chi connectivity index (χ1v) is 16.7. The average molecular weight is 603 g/mol. The topological polar surface area (TPSA) is 27.6 Å². The summed E-state index contributed by atoms with van der Waals surface area (Å²) in [7, 11) is 0. The normalized spacial score (nSPS) is 19.2. The van der Waals surface area contributed by atoms with Gasteiger partial charge in [-0.2, -0.15) is 11.8 Å². The average Bonchev–Trinajstić information content (AvgIpc) is 3.33. The molecule has 2 aromatic rings. The summed E-state index contributed by atoms with van der Waals surface area (Å²) in [5.41, 5.74) is 6.80. The Morgan fingerprint density at radius 1 is 1.15 bits per heavy atom. The Morgan fingerprint density at radius 2 is 1.93 bits per heavy atom. The summed E-state index contributed by atoms with van der Waals surface area (Å²) in [5, 5.41) is 4.56. The monoisotopic (exact) mass is 601 g/mol. The molecule has 0 radical (unpaired) electrons. The molecule has 0 aliphatic carbocycles. The molecule has 216 valence electrons. The summed E-state index contributed by atoms with van der Waals surface area (Å²) >= 11 is 15.0. The molecule has 1 N–H and O–H groups in total. The van der Waals surface area contributed by atoms with Gasteiger partial charge in [0.1, 0.15) is 5.82 Å². The van der Waals surface area contributed by atoms with Crippen molar-refractivity contribution in [2.75, 3.05) is 43.1 Å². The van der Waals surface area contributed by atoms with Crippen molar-refractivity contribution in [1.82, 2.24) is 5.32 Å². The zero-order valence-corrected chi connectivity index (χ0v) is 26.4. The maximum Gasteiger partial charge on any atom is 0.134 e. The van der Waals surface area contributed by atoms with Crippen molar-refractivity contribution in [3.8, 4) is 0 Å². The van der Waals surface area contributed by atoms with E-state index in [9.17, 15) is 0 Å². The van der Waals surface area contributed by atoms with Gasteiger partial charge in [0.15, 0.2) is 0 Å². The van der Waals surface area contributed by atoms with Crippen molar-refractivity contribution in [2.24, 2.45) is 16.8 Å². The Bertz CT molecular complexity index is 1240. The maximum absolute atomic E-state index is 15.1. The molecule has 40 heavy (non-hydrogen) atoms. The number of thioether (sulfide) groups is 1. The zero-order chi connectivity index (χ0) is 28.6. The first-order valence-electron chi connectivity index (χ1n) is 14.5. The summed E-state index contributed by atoms with van der Waals surface area (Å²) in [6.45, 7) is 12.0. The van der Waals surface area contributed by atoms with Crippen LogP contribution in [0.5, 0.6) is 0 Å². The van der Waals surface area contributed by atoms with Gasteiger partial charge < -0.3 is 10.2 Å². The lowest BCUT2D eigenvalue weighted by Gasteiger charge is -2.40. The molecule has 3 nitrogen and oxygen atoms in total. The largest absolute Gasteiger partial charge is 0.384 e. The minimum absolute atomic E-state index is 0.212. The van der Waals surface area contributed by atoms with E-state index in [0.717, 1.165) is 87.4 Å². The summed E-state index contributed by atoms with van der Waals surface area (Å²) in [6.07, 6.45) is 8.53. The number of hydrogen-bond acceptors (Lipinski definition) is 4. The van der Waals surface area contributed by atoms with Crippen LogP contribution in [0.15, 0.2) is 59.1 Å². The standard InChI is InChI=1S/C33H42Cl2FN3S/c1-5-8-25-20-38-33(32-29(34)9-7-10-30(32)35)28(25)13-11-24-15-17-39(21-23(24)6-2)26-12-14-27(31(36)19-26)22(3)37-16-18-40-4/h7,9-10,12,14,19,23-24,37H,3,5-6,8,11,13,15-18,20-21H2,1-2,4H3. The number of benzene rings is 2. The number of allylic oxidation sites excluding steroid dienone is 1. The fraction of sp³-hybridized carbons (Fsp3) is 0.485. The SMILES string of the molecule is C=C(NCCSC)c1ccc(N2CCC(CCC3=C(CCC)CN=C3c3c(Cl)cccc3Cl)C(CC)C2)cc1F. The van der Waals surface area contributed by atoms with Crippen LogP contribution in [0.25, 0.3) is 5.70 Å². The van der Waals surface area contributed by atoms with Crippen LogP contribution >= 0.6 is 35.0 Å². The van der Waals surface area contributed by atoms with E-state index in [-0.39, 0.29) is 5.82 Å². The van der Waals surface area contributed by atoms with Crippen LogP contribution in [0.1, 0.15) is 63.5 Å². The number of hydrogen-bond donors (Lipinski definition) is 1. The second kappa shape index (κ2) is 14.8. The fourth-order valence-corrected chi connectivity index (χ4v) is 7.03. The molecule has 1 fully saturated rings. The summed E-state index contributed by atoms with van der Waals surface area (Å²) in [6, 6.07) is 11.3. The van der Waals surface area contributed by atoms with E-state index < -0.39 is 0 Å². The summed E-state index contributed by atoms with van der Waals surface area (Å²) in [4.78, 5) is 7.29. The molecule has 2 atom stereocenters. The number of nitrogens with zero attached hydrogens (tertiary/aromatic N) is 2. The van der Waals surface area contributed by atoms with Crippen molar-refractivity contribution in [1.29, 1.82) is 0 Å². The first kappa shape index (κ1) is 31.0. The Kier molecular flexibility index (Phi) is 11.5. The Labute approximate surface area is 254 Å². The van der Waals surface area contributed by atoms with Crippen LogP contribution in [-0.2, 0) is 0 Å². The summed E-state index contributed by atoms with van der Waals surface area (Å²) < 4.78 is 15.1. The highest BCUT2D eigenvalue weighted by molar-refractivity contribution is 7.98. The fourth-order valence-electron chi connectivity index (χ4n) is 6.15. The summed E-state index contributed by atoms with van der Waals surface area (Å²) in [5.74, 6) is 1.92. The van der Waals surface area contributed by atoms with E-state index in [2.05, 4.69) is 36.9 Å². The Balaban J connectivity index is 1.43. The lowest BCUT2D eigenvalue weighted by atomic mass is 9.79. The van der Waals surface area contributed by atoms with Gasteiger partial charge in [-0.05, 0) is 85.3 Å². The van der Waals surface area contributed by atoms with Gasteiger partial charge in [0.25, 0.3) is 0 Å². The minimum Gasteiger partial charge on any atom is -0.384 e. The quantitative estimate of drug-likeness (QED) is 0.232. The van der Waals surface area contributed by atoms with Crippen LogP contribution in [0, 0.1) is 17.7 Å². The van der Waals surface area contributed by atoms with Crippen LogP contribution in [-0.4, -0.2) is 43.9 Å². The van der Waals surface area contributed by atoms with Gasteiger partial charge in [-0.25, -0.2) is 4.39 Å². The van der Waals surface area contributed by atoms with Gasteiger partial charge in [-0.15, -0.1) is 0 Å². The molecule has 7 heteroatoms. The van der Waals surface area contributed by atoms with Gasteiger partial charge in [-0.1, -0.05) is 62.5 Å². The molecule has 2 aliphatic heterocycles. The van der Waals surface area contributed by atoms with E-state index in [4.69, 9.17) is 28.2 Å². The predicted molar refractivity (Wildman–Crippen MR) is 175 cm³/mol. The smallest absolute Gasteiger partial charge is 0.134 e. The molecule has 2 aliphatic rings. The highest BCUT2D eigenvalue weighted by Crippen LogP contribution is 2.38. The van der Waals surface area contributed by atoms with Gasteiger partial charge in [0, 0.05) is 47.9 Å². The number of nitrogens with one attached hydrogen (secondary N) is 1. The molecule has 2 unspecified atom stereocenters.